The molecule has 1 aliphatic carbocycles. The first kappa shape index (κ1) is 12.6. The van der Waals surface area contributed by atoms with E-state index in [-0.39, 0.29) is 11.4 Å². The molecule has 0 unspecified atom stereocenters. The molecule has 1 fully saturated rings. The van der Waals surface area contributed by atoms with Crippen LogP contribution in [0.2, 0.25) is 0 Å². The number of amides is 1. The van der Waals surface area contributed by atoms with Crippen molar-refractivity contribution in [2.24, 2.45) is 0 Å². The molecule has 0 spiro atoms. The average molecular weight is 296 g/mol. The van der Waals surface area contributed by atoms with E-state index in [2.05, 4.69) is 28.2 Å². The van der Waals surface area contributed by atoms with Crippen molar-refractivity contribution in [3.63, 3.8) is 0 Å². The molecule has 1 N–H and O–H groups in total. The third-order valence-electron chi connectivity index (χ3n) is 3.49. The van der Waals surface area contributed by atoms with Gasteiger partial charge in [-0.15, -0.1) is 0 Å². The zero-order valence-corrected chi connectivity index (χ0v) is 11.7. The summed E-state index contributed by atoms with van der Waals surface area (Å²) >= 11 is 3.40. The van der Waals surface area contributed by atoms with Crippen LogP contribution >= 0.6 is 15.9 Å². The van der Waals surface area contributed by atoms with E-state index >= 15 is 0 Å². The molecule has 2 nitrogen and oxygen atoms in total. The van der Waals surface area contributed by atoms with Crippen LogP contribution in [-0.4, -0.2) is 11.4 Å². The van der Waals surface area contributed by atoms with Gasteiger partial charge in [-0.05, 0) is 37.5 Å². The highest BCUT2D eigenvalue weighted by atomic mass is 79.9. The van der Waals surface area contributed by atoms with E-state index in [1.165, 1.54) is 18.4 Å². The number of rotatable bonds is 3. The van der Waals surface area contributed by atoms with Crippen LogP contribution in [0.3, 0.4) is 0 Å². The fraction of sp³-hybridized carbons (Fsp3) is 0.500. The molecular weight excluding hydrogens is 278 g/mol. The number of alkyl halides is 1. The smallest absolute Gasteiger partial charge is 0.251 e. The Morgan fingerprint density at radius 3 is 2.41 bits per heavy atom. The summed E-state index contributed by atoms with van der Waals surface area (Å²) in [6, 6.07) is 7.76. The molecule has 0 radical (unpaired) electrons. The number of halogens is 1. The second kappa shape index (κ2) is 5.21. The third kappa shape index (κ3) is 3.09. The summed E-state index contributed by atoms with van der Waals surface area (Å²) in [4.78, 5) is 12.1. The van der Waals surface area contributed by atoms with E-state index in [1.807, 2.05) is 24.3 Å². The Morgan fingerprint density at radius 1 is 1.29 bits per heavy atom. The molecular formula is C14H18BrNO. The van der Waals surface area contributed by atoms with Crippen molar-refractivity contribution in [2.45, 2.75) is 43.5 Å². The molecule has 0 saturated heterocycles. The first-order valence-electron chi connectivity index (χ1n) is 6.10. The Labute approximate surface area is 111 Å². The predicted octanol–water partition coefficient (Wildman–Crippen LogP) is 3.64. The highest BCUT2D eigenvalue weighted by Gasteiger charge is 2.30. The van der Waals surface area contributed by atoms with E-state index < -0.39 is 0 Å². The highest BCUT2D eigenvalue weighted by Crippen LogP contribution is 2.29. The SMILES string of the molecule is CC1(NC(=O)c2ccc(CBr)cc2)CCCC1. The van der Waals surface area contributed by atoms with Gasteiger partial charge < -0.3 is 5.32 Å². The van der Waals surface area contributed by atoms with Gasteiger partial charge in [0.15, 0.2) is 0 Å². The molecule has 0 atom stereocenters. The summed E-state index contributed by atoms with van der Waals surface area (Å²) in [5, 5.41) is 3.98. The topological polar surface area (TPSA) is 29.1 Å². The van der Waals surface area contributed by atoms with Crippen molar-refractivity contribution in [1.29, 1.82) is 0 Å². The Hall–Kier alpha value is -0.830. The standard InChI is InChI=1S/C14H18BrNO/c1-14(8-2-3-9-14)16-13(17)12-6-4-11(10-15)5-7-12/h4-7H,2-3,8-10H2,1H3,(H,16,17). The van der Waals surface area contributed by atoms with Crippen LogP contribution in [0.4, 0.5) is 0 Å². The predicted molar refractivity (Wildman–Crippen MR) is 73.4 cm³/mol. The molecule has 1 aromatic rings. The van der Waals surface area contributed by atoms with Crippen LogP contribution in [0.5, 0.6) is 0 Å². The van der Waals surface area contributed by atoms with Crippen LogP contribution in [0.25, 0.3) is 0 Å². The van der Waals surface area contributed by atoms with Crippen molar-refractivity contribution in [3.05, 3.63) is 35.4 Å². The number of hydrogen-bond donors (Lipinski definition) is 1. The van der Waals surface area contributed by atoms with E-state index in [1.54, 1.807) is 0 Å². The Balaban J connectivity index is 2.03. The molecule has 92 valence electrons. The van der Waals surface area contributed by atoms with Crippen LogP contribution in [0, 0.1) is 0 Å². The number of carbonyl (C=O) groups excluding carboxylic acids is 1. The molecule has 0 aromatic heterocycles. The van der Waals surface area contributed by atoms with Gasteiger partial charge in [0.2, 0.25) is 0 Å². The summed E-state index contributed by atoms with van der Waals surface area (Å²) in [6.07, 6.45) is 4.63. The molecule has 1 saturated carbocycles. The minimum atomic E-state index is 0.00514. The zero-order valence-electron chi connectivity index (χ0n) is 10.1. The van der Waals surface area contributed by atoms with Gasteiger partial charge in [0.25, 0.3) is 5.91 Å². The normalized spacial score (nSPS) is 18.0. The summed E-state index contributed by atoms with van der Waals surface area (Å²) in [5.74, 6) is 0.0514. The van der Waals surface area contributed by atoms with Gasteiger partial charge in [-0.3, -0.25) is 4.79 Å². The van der Waals surface area contributed by atoms with Gasteiger partial charge in [-0.2, -0.15) is 0 Å². The van der Waals surface area contributed by atoms with Gasteiger partial charge in [-0.1, -0.05) is 40.9 Å². The lowest BCUT2D eigenvalue weighted by atomic mass is 10.00. The van der Waals surface area contributed by atoms with Crippen LogP contribution in [0.15, 0.2) is 24.3 Å². The quantitative estimate of drug-likeness (QED) is 0.848. The van der Waals surface area contributed by atoms with Gasteiger partial charge in [0, 0.05) is 16.4 Å². The molecule has 1 aliphatic rings. The number of nitrogens with one attached hydrogen (secondary N) is 1. The van der Waals surface area contributed by atoms with Crippen molar-refractivity contribution >= 4 is 21.8 Å². The van der Waals surface area contributed by atoms with Crippen molar-refractivity contribution < 1.29 is 4.79 Å². The van der Waals surface area contributed by atoms with Crippen LogP contribution in [-0.2, 0) is 5.33 Å². The lowest BCUT2D eigenvalue weighted by Crippen LogP contribution is -2.43. The largest absolute Gasteiger partial charge is 0.347 e. The fourth-order valence-electron chi connectivity index (χ4n) is 2.37. The molecule has 1 amide bonds. The summed E-state index contributed by atoms with van der Waals surface area (Å²) in [6.45, 7) is 2.14. The molecule has 17 heavy (non-hydrogen) atoms. The zero-order chi connectivity index (χ0) is 12.3. The molecule has 0 heterocycles. The van der Waals surface area contributed by atoms with Gasteiger partial charge in [0.05, 0.1) is 0 Å². The summed E-state index contributed by atoms with van der Waals surface area (Å²) in [7, 11) is 0. The maximum atomic E-state index is 12.1. The Morgan fingerprint density at radius 2 is 1.88 bits per heavy atom. The Kier molecular flexibility index (Phi) is 3.87. The maximum absolute atomic E-state index is 12.1. The minimum Gasteiger partial charge on any atom is -0.347 e. The van der Waals surface area contributed by atoms with E-state index in [4.69, 9.17) is 0 Å². The van der Waals surface area contributed by atoms with E-state index in [0.29, 0.717) is 0 Å². The second-order valence-corrected chi connectivity index (χ2v) is 5.61. The molecule has 3 heteroatoms. The first-order chi connectivity index (χ1) is 8.13. The monoisotopic (exact) mass is 295 g/mol. The van der Waals surface area contributed by atoms with Gasteiger partial charge in [-0.25, -0.2) is 0 Å². The average Bonchev–Trinajstić information content (AvgIpc) is 2.76. The van der Waals surface area contributed by atoms with Crippen LogP contribution < -0.4 is 5.32 Å². The maximum Gasteiger partial charge on any atom is 0.251 e. The lowest BCUT2D eigenvalue weighted by molar-refractivity contribution is 0.0908. The van der Waals surface area contributed by atoms with Crippen molar-refractivity contribution in [1.82, 2.24) is 5.32 Å². The van der Waals surface area contributed by atoms with Crippen LogP contribution in [0.1, 0.15) is 48.5 Å². The molecule has 1 aromatic carbocycles. The molecule has 0 aliphatic heterocycles. The summed E-state index contributed by atoms with van der Waals surface area (Å²) in [5.41, 5.74) is 1.95. The molecule has 2 rings (SSSR count). The first-order valence-corrected chi connectivity index (χ1v) is 7.22. The van der Waals surface area contributed by atoms with E-state index in [9.17, 15) is 4.79 Å². The second-order valence-electron chi connectivity index (χ2n) is 5.05. The van der Waals surface area contributed by atoms with Gasteiger partial charge in [0.1, 0.15) is 0 Å². The van der Waals surface area contributed by atoms with E-state index in [0.717, 1.165) is 23.7 Å². The lowest BCUT2D eigenvalue weighted by Gasteiger charge is -2.25. The van der Waals surface area contributed by atoms with Crippen molar-refractivity contribution in [2.75, 3.05) is 0 Å². The minimum absolute atomic E-state index is 0.00514. The number of hydrogen-bond acceptors (Lipinski definition) is 1. The van der Waals surface area contributed by atoms with Gasteiger partial charge >= 0.3 is 0 Å². The van der Waals surface area contributed by atoms with Crippen molar-refractivity contribution in [3.8, 4) is 0 Å². The summed E-state index contributed by atoms with van der Waals surface area (Å²) < 4.78 is 0. The molecule has 0 bridgehead atoms. The number of carbonyl (C=O) groups is 1. The Bertz CT molecular complexity index is 393. The highest BCUT2D eigenvalue weighted by molar-refractivity contribution is 9.08. The number of benzene rings is 1. The third-order valence-corrected chi connectivity index (χ3v) is 4.14. The fourth-order valence-corrected chi connectivity index (χ4v) is 2.75.